The lowest BCUT2D eigenvalue weighted by Crippen LogP contribution is -2.29. The fourth-order valence-corrected chi connectivity index (χ4v) is 3.30. The SMILES string of the molecule is Cc1ccc(Nc2cc(C)nc(NCCNC(=O)c3ccccc3Oc3ccccc3)n2)cc1. The van der Waals surface area contributed by atoms with E-state index in [1.54, 1.807) is 12.1 Å². The summed E-state index contributed by atoms with van der Waals surface area (Å²) in [4.78, 5) is 21.7. The van der Waals surface area contributed by atoms with E-state index in [-0.39, 0.29) is 5.91 Å². The third kappa shape index (κ3) is 6.32. The highest BCUT2D eigenvalue weighted by Crippen LogP contribution is 2.25. The Morgan fingerprint density at radius 2 is 1.59 bits per heavy atom. The maximum absolute atomic E-state index is 12.7. The number of hydrogen-bond acceptors (Lipinski definition) is 6. The topological polar surface area (TPSA) is 88.2 Å². The number of hydrogen-bond donors (Lipinski definition) is 3. The Kier molecular flexibility index (Phi) is 7.35. The van der Waals surface area contributed by atoms with Gasteiger partial charge in [0.2, 0.25) is 5.95 Å². The number of anilines is 3. The minimum absolute atomic E-state index is 0.208. The van der Waals surface area contributed by atoms with Crippen LogP contribution in [0.1, 0.15) is 21.6 Å². The van der Waals surface area contributed by atoms with E-state index >= 15 is 0 Å². The van der Waals surface area contributed by atoms with Crippen molar-refractivity contribution < 1.29 is 9.53 Å². The van der Waals surface area contributed by atoms with E-state index in [1.165, 1.54) is 5.56 Å². The van der Waals surface area contributed by atoms with Gasteiger partial charge in [-0.15, -0.1) is 0 Å². The van der Waals surface area contributed by atoms with E-state index in [0.29, 0.717) is 41.9 Å². The fourth-order valence-electron chi connectivity index (χ4n) is 3.30. The van der Waals surface area contributed by atoms with Crippen LogP contribution in [0.5, 0.6) is 11.5 Å². The van der Waals surface area contributed by atoms with Crippen LogP contribution in [0.15, 0.2) is 84.9 Å². The molecule has 0 unspecified atom stereocenters. The average molecular weight is 454 g/mol. The van der Waals surface area contributed by atoms with E-state index < -0.39 is 0 Å². The monoisotopic (exact) mass is 453 g/mol. The van der Waals surface area contributed by atoms with Gasteiger partial charge in [0.25, 0.3) is 5.91 Å². The number of nitrogens with one attached hydrogen (secondary N) is 3. The van der Waals surface area contributed by atoms with Gasteiger partial charge in [-0.25, -0.2) is 4.98 Å². The van der Waals surface area contributed by atoms with Gasteiger partial charge in [-0.05, 0) is 50.2 Å². The number of para-hydroxylation sites is 2. The molecule has 3 aromatic carbocycles. The number of carbonyl (C=O) groups is 1. The highest BCUT2D eigenvalue weighted by atomic mass is 16.5. The maximum Gasteiger partial charge on any atom is 0.255 e. The van der Waals surface area contributed by atoms with Gasteiger partial charge in [0, 0.05) is 30.5 Å². The molecule has 1 heterocycles. The minimum Gasteiger partial charge on any atom is -0.457 e. The molecule has 0 radical (unpaired) electrons. The zero-order valence-corrected chi connectivity index (χ0v) is 19.2. The van der Waals surface area contributed by atoms with Crippen molar-refractivity contribution in [1.82, 2.24) is 15.3 Å². The van der Waals surface area contributed by atoms with Crippen molar-refractivity contribution in [3.63, 3.8) is 0 Å². The van der Waals surface area contributed by atoms with Crippen LogP contribution in [0.25, 0.3) is 0 Å². The first-order valence-electron chi connectivity index (χ1n) is 11.1. The summed E-state index contributed by atoms with van der Waals surface area (Å²) in [5.74, 6) is 2.18. The quantitative estimate of drug-likeness (QED) is 0.291. The highest BCUT2D eigenvalue weighted by molar-refractivity contribution is 5.97. The Morgan fingerprint density at radius 3 is 2.38 bits per heavy atom. The zero-order chi connectivity index (χ0) is 23.8. The Hall–Kier alpha value is -4.39. The van der Waals surface area contributed by atoms with Crippen LogP contribution in [0, 0.1) is 13.8 Å². The van der Waals surface area contributed by atoms with Crippen molar-refractivity contribution >= 4 is 23.4 Å². The molecule has 0 aliphatic rings. The summed E-state index contributed by atoms with van der Waals surface area (Å²) in [6.45, 7) is 4.84. The van der Waals surface area contributed by atoms with Crippen LogP contribution >= 0.6 is 0 Å². The molecular formula is C27H27N5O2. The Labute approximate surface area is 199 Å². The van der Waals surface area contributed by atoms with Crippen LogP contribution in [0.2, 0.25) is 0 Å². The molecule has 1 amide bonds. The molecule has 4 aromatic rings. The Balaban J connectivity index is 1.32. The summed E-state index contributed by atoms with van der Waals surface area (Å²) in [6.07, 6.45) is 0. The summed E-state index contributed by atoms with van der Waals surface area (Å²) in [5, 5.41) is 9.38. The molecule has 0 spiro atoms. The smallest absolute Gasteiger partial charge is 0.255 e. The van der Waals surface area contributed by atoms with Crippen molar-refractivity contribution in [3.05, 3.63) is 102 Å². The van der Waals surface area contributed by atoms with Gasteiger partial charge in [-0.2, -0.15) is 4.98 Å². The maximum atomic E-state index is 12.7. The van der Waals surface area contributed by atoms with E-state index in [1.807, 2.05) is 86.6 Å². The number of carbonyl (C=O) groups excluding carboxylic acids is 1. The third-order valence-electron chi connectivity index (χ3n) is 4.97. The predicted molar refractivity (Wildman–Crippen MR) is 135 cm³/mol. The van der Waals surface area contributed by atoms with Gasteiger partial charge in [0.15, 0.2) is 0 Å². The molecule has 0 aliphatic heterocycles. The second-order valence-corrected chi connectivity index (χ2v) is 7.80. The lowest BCUT2D eigenvalue weighted by Gasteiger charge is -2.12. The first kappa shape index (κ1) is 22.8. The van der Waals surface area contributed by atoms with Crippen molar-refractivity contribution in [2.75, 3.05) is 23.7 Å². The second-order valence-electron chi connectivity index (χ2n) is 7.80. The Morgan fingerprint density at radius 1 is 0.853 bits per heavy atom. The molecule has 0 aliphatic carbocycles. The van der Waals surface area contributed by atoms with Gasteiger partial charge >= 0.3 is 0 Å². The molecule has 3 N–H and O–H groups in total. The lowest BCUT2D eigenvalue weighted by atomic mass is 10.2. The number of ether oxygens (including phenoxy) is 1. The first-order chi connectivity index (χ1) is 16.6. The molecule has 0 fully saturated rings. The lowest BCUT2D eigenvalue weighted by molar-refractivity contribution is 0.0953. The highest BCUT2D eigenvalue weighted by Gasteiger charge is 2.12. The normalized spacial score (nSPS) is 10.4. The Bertz CT molecular complexity index is 1240. The molecule has 0 atom stereocenters. The molecule has 4 rings (SSSR count). The minimum atomic E-state index is -0.208. The van der Waals surface area contributed by atoms with E-state index in [2.05, 4.69) is 25.9 Å². The van der Waals surface area contributed by atoms with Crippen molar-refractivity contribution in [2.24, 2.45) is 0 Å². The molecule has 0 bridgehead atoms. The van der Waals surface area contributed by atoms with Crippen LogP contribution in [0.3, 0.4) is 0 Å². The van der Waals surface area contributed by atoms with E-state index in [9.17, 15) is 4.79 Å². The van der Waals surface area contributed by atoms with Crippen LogP contribution < -0.4 is 20.7 Å². The van der Waals surface area contributed by atoms with Gasteiger partial charge in [-0.3, -0.25) is 4.79 Å². The molecule has 1 aromatic heterocycles. The number of benzene rings is 3. The number of rotatable bonds is 9. The van der Waals surface area contributed by atoms with Crippen molar-refractivity contribution in [3.8, 4) is 11.5 Å². The van der Waals surface area contributed by atoms with Crippen molar-refractivity contribution in [2.45, 2.75) is 13.8 Å². The van der Waals surface area contributed by atoms with E-state index in [4.69, 9.17) is 4.74 Å². The molecule has 7 nitrogen and oxygen atoms in total. The van der Waals surface area contributed by atoms with Crippen LogP contribution in [0.4, 0.5) is 17.5 Å². The number of nitrogens with zero attached hydrogens (tertiary/aromatic N) is 2. The van der Waals surface area contributed by atoms with Gasteiger partial charge < -0.3 is 20.7 Å². The number of aryl methyl sites for hydroxylation is 2. The third-order valence-corrected chi connectivity index (χ3v) is 4.97. The van der Waals surface area contributed by atoms with E-state index in [0.717, 1.165) is 11.4 Å². The standard InChI is InChI=1S/C27H27N5O2/c1-19-12-14-21(15-13-19)31-25-18-20(2)30-27(32-25)29-17-16-28-26(33)23-10-6-7-11-24(23)34-22-8-4-3-5-9-22/h3-15,18H,16-17H2,1-2H3,(H,28,33)(H2,29,30,31,32). The molecule has 34 heavy (non-hydrogen) atoms. The molecule has 0 saturated carbocycles. The number of aromatic nitrogens is 2. The van der Waals surface area contributed by atoms with Crippen LogP contribution in [-0.2, 0) is 0 Å². The predicted octanol–water partition coefficient (Wildman–Crippen LogP) is 5.47. The summed E-state index contributed by atoms with van der Waals surface area (Å²) in [6, 6.07) is 26.6. The fraction of sp³-hybridized carbons (Fsp3) is 0.148. The van der Waals surface area contributed by atoms with Gasteiger partial charge in [0.05, 0.1) is 5.56 Å². The van der Waals surface area contributed by atoms with Crippen LogP contribution in [-0.4, -0.2) is 29.0 Å². The van der Waals surface area contributed by atoms with Crippen molar-refractivity contribution in [1.29, 1.82) is 0 Å². The summed E-state index contributed by atoms with van der Waals surface area (Å²) < 4.78 is 5.88. The van der Waals surface area contributed by atoms with Gasteiger partial charge in [-0.1, -0.05) is 48.0 Å². The average Bonchev–Trinajstić information content (AvgIpc) is 2.84. The summed E-state index contributed by atoms with van der Waals surface area (Å²) in [7, 11) is 0. The second kappa shape index (κ2) is 11.0. The summed E-state index contributed by atoms with van der Waals surface area (Å²) >= 11 is 0. The molecule has 172 valence electrons. The molecule has 7 heteroatoms. The zero-order valence-electron chi connectivity index (χ0n) is 19.2. The number of amides is 1. The van der Waals surface area contributed by atoms with Gasteiger partial charge in [0.1, 0.15) is 17.3 Å². The molecule has 0 saturated heterocycles. The summed E-state index contributed by atoms with van der Waals surface area (Å²) in [5.41, 5.74) is 3.47. The first-order valence-corrected chi connectivity index (χ1v) is 11.1. The largest absolute Gasteiger partial charge is 0.457 e. The molecular weight excluding hydrogens is 426 g/mol.